The fourth-order valence-electron chi connectivity index (χ4n) is 1.27. The van der Waals surface area contributed by atoms with Crippen LogP contribution in [0.3, 0.4) is 0 Å². The monoisotopic (exact) mass is 198 g/mol. The molecule has 0 bridgehead atoms. The summed E-state index contributed by atoms with van der Waals surface area (Å²) in [6, 6.07) is 5.47. The van der Waals surface area contributed by atoms with E-state index in [1.165, 1.54) is 0 Å². The lowest BCUT2D eigenvalue weighted by Gasteiger charge is -1.96. The van der Waals surface area contributed by atoms with Crippen molar-refractivity contribution >= 4 is 29.1 Å². The van der Waals surface area contributed by atoms with Crippen LogP contribution in [-0.4, -0.2) is 11.0 Å². The Balaban J connectivity index is 2.61. The van der Waals surface area contributed by atoms with Crippen molar-refractivity contribution in [2.45, 2.75) is 17.1 Å². The number of thioether (sulfide) groups is 1. The van der Waals surface area contributed by atoms with Gasteiger partial charge in [0.25, 0.3) is 0 Å². The Kier molecular flexibility index (Phi) is 1.89. The summed E-state index contributed by atoms with van der Waals surface area (Å²) < 4.78 is 0. The van der Waals surface area contributed by atoms with Crippen LogP contribution in [0.15, 0.2) is 23.1 Å². The Hall–Kier alpha value is -0.470. The minimum Gasteiger partial charge on any atom is -0.293 e. The lowest BCUT2D eigenvalue weighted by molar-refractivity contribution is 0.0996. The molecule has 1 unspecified atom stereocenters. The van der Waals surface area contributed by atoms with Gasteiger partial charge in [-0.1, -0.05) is 23.7 Å². The lowest BCUT2D eigenvalue weighted by Crippen LogP contribution is -2.05. The van der Waals surface area contributed by atoms with Gasteiger partial charge in [-0.2, -0.15) is 0 Å². The molecule has 1 aromatic carbocycles. The van der Waals surface area contributed by atoms with Crippen molar-refractivity contribution in [3.05, 3.63) is 28.8 Å². The third kappa shape index (κ3) is 1.06. The molecule has 0 saturated carbocycles. The van der Waals surface area contributed by atoms with Crippen LogP contribution in [0.4, 0.5) is 0 Å². The Morgan fingerprint density at radius 1 is 1.50 bits per heavy atom. The first-order valence-electron chi connectivity index (χ1n) is 3.69. The Bertz CT molecular complexity index is 348. The highest BCUT2D eigenvalue weighted by Gasteiger charge is 2.28. The van der Waals surface area contributed by atoms with E-state index < -0.39 is 0 Å². The van der Waals surface area contributed by atoms with E-state index in [0.717, 1.165) is 10.5 Å². The zero-order valence-corrected chi connectivity index (χ0v) is 8.08. The van der Waals surface area contributed by atoms with Gasteiger partial charge in [0, 0.05) is 10.5 Å². The second-order valence-corrected chi connectivity index (χ2v) is 4.50. The van der Waals surface area contributed by atoms with Gasteiger partial charge >= 0.3 is 0 Å². The van der Waals surface area contributed by atoms with Crippen molar-refractivity contribution < 1.29 is 4.79 Å². The van der Waals surface area contributed by atoms with Gasteiger partial charge in [-0.15, -0.1) is 11.8 Å². The molecule has 0 aliphatic carbocycles. The number of hydrogen-bond acceptors (Lipinski definition) is 2. The molecular weight excluding hydrogens is 192 g/mol. The topological polar surface area (TPSA) is 17.1 Å². The predicted molar refractivity (Wildman–Crippen MR) is 51.1 cm³/mol. The second-order valence-electron chi connectivity index (χ2n) is 2.74. The summed E-state index contributed by atoms with van der Waals surface area (Å²) in [5.41, 5.74) is 0.778. The molecule has 1 atom stereocenters. The fourth-order valence-corrected chi connectivity index (χ4v) is 2.64. The Labute approximate surface area is 80.1 Å². The number of hydrogen-bond donors (Lipinski definition) is 0. The summed E-state index contributed by atoms with van der Waals surface area (Å²) >= 11 is 7.47. The van der Waals surface area contributed by atoms with Crippen molar-refractivity contribution in [2.75, 3.05) is 0 Å². The molecule has 0 saturated heterocycles. The summed E-state index contributed by atoms with van der Waals surface area (Å²) in [5.74, 6) is 0.192. The van der Waals surface area contributed by atoms with Crippen molar-refractivity contribution in [1.29, 1.82) is 0 Å². The lowest BCUT2D eigenvalue weighted by atomic mass is 10.1. The number of ketones is 1. The third-order valence-electron chi connectivity index (χ3n) is 1.90. The molecule has 0 amide bonds. The van der Waals surface area contributed by atoms with Crippen LogP contribution >= 0.6 is 23.4 Å². The van der Waals surface area contributed by atoms with Gasteiger partial charge in [0.1, 0.15) is 0 Å². The Morgan fingerprint density at radius 3 is 2.92 bits per heavy atom. The number of fused-ring (bicyclic) bond motifs is 1. The van der Waals surface area contributed by atoms with Crippen LogP contribution in [0.25, 0.3) is 0 Å². The quantitative estimate of drug-likeness (QED) is 0.638. The van der Waals surface area contributed by atoms with Gasteiger partial charge in [-0.05, 0) is 13.0 Å². The summed E-state index contributed by atoms with van der Waals surface area (Å²) in [6.07, 6.45) is 0. The molecule has 62 valence electrons. The molecule has 12 heavy (non-hydrogen) atoms. The van der Waals surface area contributed by atoms with E-state index in [-0.39, 0.29) is 11.0 Å². The van der Waals surface area contributed by atoms with E-state index in [4.69, 9.17) is 11.6 Å². The molecule has 1 heterocycles. The molecule has 0 spiro atoms. The molecule has 3 heteroatoms. The van der Waals surface area contributed by atoms with Crippen molar-refractivity contribution in [3.63, 3.8) is 0 Å². The van der Waals surface area contributed by atoms with Gasteiger partial charge in [0.05, 0.1) is 10.3 Å². The Morgan fingerprint density at radius 2 is 2.25 bits per heavy atom. The highest BCUT2D eigenvalue weighted by Crippen LogP contribution is 2.40. The van der Waals surface area contributed by atoms with Crippen molar-refractivity contribution in [1.82, 2.24) is 0 Å². The number of carbonyl (C=O) groups excluding carboxylic acids is 1. The predicted octanol–water partition coefficient (Wildman–Crippen LogP) is 3.02. The molecule has 1 aromatic rings. The largest absolute Gasteiger partial charge is 0.293 e. The van der Waals surface area contributed by atoms with Crippen LogP contribution in [0.2, 0.25) is 5.02 Å². The normalized spacial score (nSPS) is 21.2. The van der Waals surface area contributed by atoms with Crippen LogP contribution in [0.5, 0.6) is 0 Å². The molecular formula is C9H7ClOS. The van der Waals surface area contributed by atoms with E-state index in [1.807, 2.05) is 25.1 Å². The van der Waals surface area contributed by atoms with E-state index in [0.29, 0.717) is 5.02 Å². The first-order valence-corrected chi connectivity index (χ1v) is 4.95. The molecule has 1 aliphatic heterocycles. The number of rotatable bonds is 0. The standard InChI is InChI=1S/C9H7ClOS/c1-5-8(11)6-3-2-4-7(10)9(6)12-5/h2-5H,1H3. The van der Waals surface area contributed by atoms with Crippen LogP contribution in [0, 0.1) is 0 Å². The van der Waals surface area contributed by atoms with Crippen molar-refractivity contribution in [2.24, 2.45) is 0 Å². The van der Waals surface area contributed by atoms with Crippen LogP contribution in [0.1, 0.15) is 17.3 Å². The first kappa shape index (κ1) is 8.14. The highest BCUT2D eigenvalue weighted by atomic mass is 35.5. The maximum atomic E-state index is 11.5. The van der Waals surface area contributed by atoms with E-state index >= 15 is 0 Å². The van der Waals surface area contributed by atoms with Gasteiger partial charge < -0.3 is 0 Å². The highest BCUT2D eigenvalue weighted by molar-refractivity contribution is 8.01. The molecule has 0 N–H and O–H groups in total. The van der Waals surface area contributed by atoms with E-state index in [2.05, 4.69) is 0 Å². The third-order valence-corrected chi connectivity index (χ3v) is 3.57. The smallest absolute Gasteiger partial charge is 0.177 e. The number of carbonyl (C=O) groups is 1. The van der Waals surface area contributed by atoms with Crippen LogP contribution in [-0.2, 0) is 0 Å². The molecule has 0 fully saturated rings. The molecule has 2 rings (SSSR count). The van der Waals surface area contributed by atoms with Crippen LogP contribution < -0.4 is 0 Å². The molecule has 1 aliphatic rings. The maximum Gasteiger partial charge on any atom is 0.177 e. The maximum absolute atomic E-state index is 11.5. The first-order chi connectivity index (χ1) is 5.70. The average Bonchev–Trinajstić information content (AvgIpc) is 2.32. The fraction of sp³-hybridized carbons (Fsp3) is 0.222. The zero-order chi connectivity index (χ0) is 8.72. The summed E-state index contributed by atoms with van der Waals surface area (Å²) in [7, 11) is 0. The van der Waals surface area contributed by atoms with Gasteiger partial charge in [-0.25, -0.2) is 0 Å². The molecule has 0 radical (unpaired) electrons. The second kappa shape index (κ2) is 2.79. The summed E-state index contributed by atoms with van der Waals surface area (Å²) in [6.45, 7) is 1.91. The number of Topliss-reactive ketones (excluding diaryl/α,β-unsaturated/α-hetero) is 1. The SMILES string of the molecule is CC1Sc2c(Cl)cccc2C1=O. The van der Waals surface area contributed by atoms with Gasteiger partial charge in [0.15, 0.2) is 5.78 Å². The van der Waals surface area contributed by atoms with Gasteiger partial charge in [-0.3, -0.25) is 4.79 Å². The summed E-state index contributed by atoms with van der Waals surface area (Å²) in [4.78, 5) is 12.4. The zero-order valence-electron chi connectivity index (χ0n) is 6.50. The number of benzene rings is 1. The molecule has 1 nitrogen and oxygen atoms in total. The van der Waals surface area contributed by atoms with Crippen molar-refractivity contribution in [3.8, 4) is 0 Å². The minimum absolute atomic E-state index is 0.0277. The number of halogens is 1. The minimum atomic E-state index is 0.0277. The van der Waals surface area contributed by atoms with E-state index in [1.54, 1.807) is 11.8 Å². The summed E-state index contributed by atoms with van der Waals surface area (Å²) in [5, 5.41) is 0.718. The average molecular weight is 199 g/mol. The van der Waals surface area contributed by atoms with Gasteiger partial charge in [0.2, 0.25) is 0 Å². The van der Waals surface area contributed by atoms with E-state index in [9.17, 15) is 4.79 Å². The molecule has 0 aromatic heterocycles.